The number of hydrogen-bond donors (Lipinski definition) is 0. The Bertz CT molecular complexity index is 784. The van der Waals surface area contributed by atoms with Crippen LogP contribution in [-0.2, 0) is 10.8 Å². The van der Waals surface area contributed by atoms with Gasteiger partial charge in [-0.05, 0) is 48.8 Å². The van der Waals surface area contributed by atoms with Crippen molar-refractivity contribution in [1.82, 2.24) is 9.97 Å². The monoisotopic (exact) mass is 398 g/mol. The summed E-state index contributed by atoms with van der Waals surface area (Å²) in [5, 5.41) is 0. The molecule has 2 rings (SSSR count). The molecule has 29 heavy (non-hydrogen) atoms. The lowest BCUT2D eigenvalue weighted by Gasteiger charge is -2.28. The van der Waals surface area contributed by atoms with Crippen molar-refractivity contribution in [3.63, 3.8) is 0 Å². The zero-order valence-corrected chi connectivity index (χ0v) is 19.9. The van der Waals surface area contributed by atoms with Crippen molar-refractivity contribution in [2.24, 2.45) is 0 Å². The summed E-state index contributed by atoms with van der Waals surface area (Å²) in [6, 6.07) is 4.41. The molecule has 0 spiro atoms. The predicted octanol–water partition coefficient (Wildman–Crippen LogP) is 7.74. The van der Waals surface area contributed by atoms with E-state index in [1.165, 1.54) is 31.2 Å². The van der Waals surface area contributed by atoms with Crippen LogP contribution in [0, 0.1) is 0 Å². The number of rotatable bonds is 12. The van der Waals surface area contributed by atoms with Gasteiger partial charge in [0.15, 0.2) is 0 Å². The molecule has 1 heterocycles. The Kier molecular flexibility index (Phi) is 8.48. The smallest absolute Gasteiger partial charge is 0.147 e. The molecule has 0 radical (unpaired) electrons. The molecule has 0 N–H and O–H groups in total. The van der Waals surface area contributed by atoms with E-state index in [0.29, 0.717) is 6.61 Å². The van der Waals surface area contributed by atoms with Gasteiger partial charge in [0.1, 0.15) is 11.3 Å². The molecular formula is C26H42N2O. The van der Waals surface area contributed by atoms with Crippen LogP contribution in [0.4, 0.5) is 0 Å². The average Bonchev–Trinajstić information content (AvgIpc) is 2.74. The van der Waals surface area contributed by atoms with Crippen LogP contribution < -0.4 is 4.74 Å². The summed E-state index contributed by atoms with van der Waals surface area (Å²) in [6.07, 6.45) is 11.4. The molecule has 0 amide bonds. The summed E-state index contributed by atoms with van der Waals surface area (Å²) < 4.78 is 6.16. The second kappa shape index (κ2) is 10.4. The maximum atomic E-state index is 6.16. The van der Waals surface area contributed by atoms with E-state index < -0.39 is 0 Å². The molecule has 0 saturated heterocycles. The predicted molar refractivity (Wildman–Crippen MR) is 125 cm³/mol. The maximum absolute atomic E-state index is 6.16. The molecule has 3 heteroatoms. The topological polar surface area (TPSA) is 35.0 Å². The van der Waals surface area contributed by atoms with Crippen LogP contribution in [-0.4, -0.2) is 16.6 Å². The third-order valence-electron chi connectivity index (χ3n) is 6.72. The highest BCUT2D eigenvalue weighted by atomic mass is 16.5. The van der Waals surface area contributed by atoms with E-state index in [4.69, 9.17) is 14.7 Å². The van der Waals surface area contributed by atoms with E-state index in [0.717, 1.165) is 48.2 Å². The number of aromatic nitrogens is 2. The van der Waals surface area contributed by atoms with Crippen molar-refractivity contribution in [1.29, 1.82) is 0 Å². The summed E-state index contributed by atoms with van der Waals surface area (Å²) in [5.41, 5.74) is 4.41. The first-order valence-corrected chi connectivity index (χ1v) is 11.8. The van der Waals surface area contributed by atoms with E-state index in [-0.39, 0.29) is 10.8 Å². The first-order chi connectivity index (χ1) is 13.8. The number of unbranched alkanes of at least 4 members (excludes halogenated alkanes) is 3. The second-order valence-corrected chi connectivity index (χ2v) is 9.41. The number of fused-ring (bicyclic) bond motifs is 1. The average molecular weight is 399 g/mol. The summed E-state index contributed by atoms with van der Waals surface area (Å²) >= 11 is 0. The van der Waals surface area contributed by atoms with Gasteiger partial charge >= 0.3 is 0 Å². The van der Waals surface area contributed by atoms with Gasteiger partial charge in [0.2, 0.25) is 0 Å². The highest BCUT2D eigenvalue weighted by molar-refractivity contribution is 5.82. The number of hydrogen-bond acceptors (Lipinski definition) is 3. The van der Waals surface area contributed by atoms with Crippen molar-refractivity contribution < 1.29 is 4.74 Å². The normalized spacial score (nSPS) is 14.2. The fraction of sp³-hybridized carbons (Fsp3) is 0.692. The van der Waals surface area contributed by atoms with Gasteiger partial charge in [-0.2, -0.15) is 0 Å². The van der Waals surface area contributed by atoms with E-state index in [1.54, 1.807) is 0 Å². The van der Waals surface area contributed by atoms with E-state index in [2.05, 4.69) is 60.6 Å². The fourth-order valence-electron chi connectivity index (χ4n) is 3.72. The first kappa shape index (κ1) is 23.6. The molecular weight excluding hydrogens is 356 g/mol. The van der Waals surface area contributed by atoms with Crippen LogP contribution in [0.15, 0.2) is 18.3 Å². The van der Waals surface area contributed by atoms with Crippen molar-refractivity contribution in [3.8, 4) is 5.75 Å². The quantitative estimate of drug-likeness (QED) is 0.343. The Morgan fingerprint density at radius 2 is 1.66 bits per heavy atom. The highest BCUT2D eigenvalue weighted by Crippen LogP contribution is 2.37. The number of ether oxygens (including phenoxy) is 1. The largest absolute Gasteiger partial charge is 0.491 e. The fourth-order valence-corrected chi connectivity index (χ4v) is 3.72. The summed E-state index contributed by atoms with van der Waals surface area (Å²) in [6.45, 7) is 16.5. The van der Waals surface area contributed by atoms with Crippen molar-refractivity contribution in [2.75, 3.05) is 6.61 Å². The van der Waals surface area contributed by atoms with E-state index in [9.17, 15) is 0 Å². The van der Waals surface area contributed by atoms with E-state index >= 15 is 0 Å². The van der Waals surface area contributed by atoms with Crippen molar-refractivity contribution in [3.05, 3.63) is 29.6 Å². The van der Waals surface area contributed by atoms with Gasteiger partial charge in [-0.3, -0.25) is 4.98 Å². The zero-order chi connectivity index (χ0) is 21.5. The molecule has 1 aromatic carbocycles. The van der Waals surface area contributed by atoms with Gasteiger partial charge < -0.3 is 4.74 Å². The minimum absolute atomic E-state index is 0.0678. The summed E-state index contributed by atoms with van der Waals surface area (Å²) in [7, 11) is 0. The Morgan fingerprint density at radius 3 is 2.28 bits per heavy atom. The lowest BCUT2D eigenvalue weighted by Crippen LogP contribution is -2.23. The summed E-state index contributed by atoms with van der Waals surface area (Å²) in [4.78, 5) is 10.0. The standard InChI is InChI=1S/C26H42N2O/c1-8-12-13-14-15-26(7,11-4)23-19-27-21-17-20(25(5,6)10-3)18-22(24(21)28-23)29-16-9-2/h17-19H,8-16H2,1-7H3. The molecule has 0 aliphatic rings. The molecule has 2 aromatic rings. The van der Waals surface area contributed by atoms with Gasteiger partial charge in [-0.15, -0.1) is 0 Å². The SMILES string of the molecule is CCCCCCC(C)(CC)c1cnc2cc(C(C)(C)CC)cc(OCCC)c2n1. The molecule has 1 aromatic heterocycles. The van der Waals surface area contributed by atoms with Crippen LogP contribution in [0.1, 0.15) is 111 Å². The van der Waals surface area contributed by atoms with Gasteiger partial charge in [0, 0.05) is 11.6 Å². The van der Waals surface area contributed by atoms with Gasteiger partial charge in [-0.25, -0.2) is 4.98 Å². The molecule has 0 fully saturated rings. The lowest BCUT2D eigenvalue weighted by molar-refractivity contribution is 0.319. The van der Waals surface area contributed by atoms with Gasteiger partial charge in [-0.1, -0.05) is 74.1 Å². The maximum Gasteiger partial charge on any atom is 0.147 e. The molecule has 0 bridgehead atoms. The minimum atomic E-state index is 0.0678. The third-order valence-corrected chi connectivity index (χ3v) is 6.72. The third kappa shape index (κ3) is 5.71. The zero-order valence-electron chi connectivity index (χ0n) is 19.9. The molecule has 162 valence electrons. The molecule has 1 atom stereocenters. The highest BCUT2D eigenvalue weighted by Gasteiger charge is 2.28. The Morgan fingerprint density at radius 1 is 0.897 bits per heavy atom. The van der Waals surface area contributed by atoms with Gasteiger partial charge in [0.25, 0.3) is 0 Å². The molecule has 1 unspecified atom stereocenters. The Balaban J connectivity index is 2.48. The van der Waals surface area contributed by atoms with Crippen molar-refractivity contribution in [2.45, 2.75) is 111 Å². The van der Waals surface area contributed by atoms with Gasteiger partial charge in [0.05, 0.1) is 17.8 Å². The second-order valence-electron chi connectivity index (χ2n) is 9.41. The summed E-state index contributed by atoms with van der Waals surface area (Å²) in [5.74, 6) is 0.889. The number of nitrogens with zero attached hydrogens (tertiary/aromatic N) is 2. The van der Waals surface area contributed by atoms with E-state index in [1.807, 2.05) is 6.20 Å². The van der Waals surface area contributed by atoms with Crippen LogP contribution in [0.25, 0.3) is 11.0 Å². The molecule has 0 aliphatic carbocycles. The van der Waals surface area contributed by atoms with Crippen LogP contribution in [0.5, 0.6) is 5.75 Å². The van der Waals surface area contributed by atoms with Crippen molar-refractivity contribution >= 4 is 11.0 Å². The number of benzene rings is 1. The van der Waals surface area contributed by atoms with Crippen LogP contribution in [0.2, 0.25) is 0 Å². The first-order valence-electron chi connectivity index (χ1n) is 11.8. The Labute approximate surface area is 178 Å². The molecule has 3 nitrogen and oxygen atoms in total. The molecule has 0 saturated carbocycles. The molecule has 0 aliphatic heterocycles. The minimum Gasteiger partial charge on any atom is -0.491 e. The van der Waals surface area contributed by atoms with Crippen LogP contribution >= 0.6 is 0 Å². The lowest BCUT2D eigenvalue weighted by atomic mass is 9.79. The van der Waals surface area contributed by atoms with Crippen LogP contribution in [0.3, 0.4) is 0 Å². The Hall–Kier alpha value is -1.64.